The number of nitrogens with zero attached hydrogens (tertiary/aromatic N) is 1. The van der Waals surface area contributed by atoms with Gasteiger partial charge >= 0.3 is 0 Å². The van der Waals surface area contributed by atoms with E-state index in [1.165, 1.54) is 41.3 Å². The molecule has 0 amide bonds. The highest BCUT2D eigenvalue weighted by Crippen LogP contribution is 2.32. The van der Waals surface area contributed by atoms with Crippen LogP contribution in [-0.4, -0.2) is 24.5 Å². The Bertz CT molecular complexity index is 447. The lowest BCUT2D eigenvalue weighted by molar-refractivity contribution is 0.121. The molecule has 1 fully saturated rings. The van der Waals surface area contributed by atoms with Crippen molar-refractivity contribution in [3.8, 4) is 0 Å². The number of rotatable bonds is 4. The van der Waals surface area contributed by atoms with Gasteiger partial charge in [0, 0.05) is 23.1 Å². The predicted molar refractivity (Wildman–Crippen MR) is 89.9 cm³/mol. The number of nitrogens with two attached hydrogens (primary N) is 1. The van der Waals surface area contributed by atoms with Gasteiger partial charge in [-0.15, -0.1) is 0 Å². The van der Waals surface area contributed by atoms with Crippen LogP contribution in [0.1, 0.15) is 49.8 Å². The van der Waals surface area contributed by atoms with Crippen LogP contribution in [0.3, 0.4) is 0 Å². The molecule has 1 saturated carbocycles. The van der Waals surface area contributed by atoms with E-state index in [2.05, 4.69) is 59.9 Å². The third kappa shape index (κ3) is 3.63. The molecule has 2 N–H and O–H groups in total. The Balaban J connectivity index is 2.15. The van der Waals surface area contributed by atoms with E-state index in [1.807, 2.05) is 0 Å². The summed E-state index contributed by atoms with van der Waals surface area (Å²) in [4.78, 5) is 2.51. The van der Waals surface area contributed by atoms with E-state index in [0.717, 1.165) is 5.92 Å². The molecule has 0 spiro atoms. The normalized spacial score (nSPS) is 24.9. The maximum atomic E-state index is 6.08. The minimum Gasteiger partial charge on any atom is -0.329 e. The Hall–Kier alpha value is -0.380. The third-order valence-electron chi connectivity index (χ3n) is 4.77. The molecule has 3 heteroatoms. The summed E-state index contributed by atoms with van der Waals surface area (Å²) in [6, 6.07) is 7.63. The van der Waals surface area contributed by atoms with Crippen LogP contribution in [0.2, 0.25) is 0 Å². The summed E-state index contributed by atoms with van der Waals surface area (Å²) >= 11 is 3.58. The molecule has 0 heterocycles. The first-order chi connectivity index (χ1) is 9.52. The average molecular weight is 339 g/mol. The number of hydrogen-bond donors (Lipinski definition) is 1. The minimum atomic E-state index is 0.331. The number of benzene rings is 1. The fraction of sp³-hybridized carbons (Fsp3) is 0.647. The maximum Gasteiger partial charge on any atom is 0.0470 e. The van der Waals surface area contributed by atoms with Crippen LogP contribution < -0.4 is 5.73 Å². The van der Waals surface area contributed by atoms with Crippen molar-refractivity contribution in [3.05, 3.63) is 33.8 Å². The van der Waals surface area contributed by atoms with Crippen molar-refractivity contribution in [1.29, 1.82) is 0 Å². The Morgan fingerprint density at radius 3 is 2.75 bits per heavy atom. The van der Waals surface area contributed by atoms with Crippen LogP contribution in [0.4, 0.5) is 0 Å². The third-order valence-corrected chi connectivity index (χ3v) is 5.66. The van der Waals surface area contributed by atoms with Crippen LogP contribution in [0.25, 0.3) is 0 Å². The summed E-state index contributed by atoms with van der Waals surface area (Å²) in [6.45, 7) is 5.20. The van der Waals surface area contributed by atoms with E-state index >= 15 is 0 Å². The first-order valence-corrected chi connectivity index (χ1v) is 8.50. The molecule has 1 aromatic rings. The molecule has 3 atom stereocenters. The van der Waals surface area contributed by atoms with Gasteiger partial charge in [-0.3, -0.25) is 4.90 Å². The first kappa shape index (κ1) is 16.0. The van der Waals surface area contributed by atoms with Crippen molar-refractivity contribution < 1.29 is 0 Å². The van der Waals surface area contributed by atoms with Crippen LogP contribution >= 0.6 is 15.9 Å². The fourth-order valence-electron chi connectivity index (χ4n) is 3.44. The summed E-state index contributed by atoms with van der Waals surface area (Å²) in [5.74, 6) is 0.848. The van der Waals surface area contributed by atoms with E-state index in [1.54, 1.807) is 0 Å². The van der Waals surface area contributed by atoms with E-state index in [-0.39, 0.29) is 0 Å². The lowest BCUT2D eigenvalue weighted by atomic mass is 9.85. The smallest absolute Gasteiger partial charge is 0.0470 e. The topological polar surface area (TPSA) is 29.3 Å². The van der Waals surface area contributed by atoms with Crippen LogP contribution in [0, 0.1) is 12.8 Å². The summed E-state index contributed by atoms with van der Waals surface area (Å²) in [6.07, 6.45) is 5.36. The van der Waals surface area contributed by atoms with E-state index in [4.69, 9.17) is 5.73 Å². The van der Waals surface area contributed by atoms with Gasteiger partial charge in [-0.05, 0) is 49.9 Å². The highest BCUT2D eigenvalue weighted by Gasteiger charge is 2.27. The van der Waals surface area contributed by atoms with Crippen LogP contribution in [0.15, 0.2) is 22.7 Å². The molecule has 2 nitrogen and oxygen atoms in total. The summed E-state index contributed by atoms with van der Waals surface area (Å²) in [5.41, 5.74) is 8.71. The van der Waals surface area contributed by atoms with Gasteiger partial charge in [0.25, 0.3) is 0 Å². The van der Waals surface area contributed by atoms with Crippen LogP contribution in [-0.2, 0) is 0 Å². The molecule has 1 aliphatic carbocycles. The van der Waals surface area contributed by atoms with E-state index in [0.29, 0.717) is 18.6 Å². The van der Waals surface area contributed by atoms with E-state index in [9.17, 15) is 0 Å². The molecule has 20 heavy (non-hydrogen) atoms. The van der Waals surface area contributed by atoms with Crippen molar-refractivity contribution in [2.24, 2.45) is 11.7 Å². The van der Waals surface area contributed by atoms with Crippen molar-refractivity contribution in [2.75, 3.05) is 13.6 Å². The second kappa shape index (κ2) is 7.06. The monoisotopic (exact) mass is 338 g/mol. The molecule has 2 rings (SSSR count). The van der Waals surface area contributed by atoms with Crippen molar-refractivity contribution in [1.82, 2.24) is 4.90 Å². The molecule has 0 saturated heterocycles. The molecule has 0 aromatic heterocycles. The van der Waals surface area contributed by atoms with Gasteiger partial charge in [0.2, 0.25) is 0 Å². The van der Waals surface area contributed by atoms with Gasteiger partial charge in [-0.25, -0.2) is 0 Å². The standard InChI is InChI=1S/C17H27BrN2/c1-12-5-4-6-15(9-12)20(3)17(11-19)14-7-8-16(18)13(2)10-14/h7-8,10,12,15,17H,4-6,9,11,19H2,1-3H3. The molecular weight excluding hydrogens is 312 g/mol. The molecule has 112 valence electrons. The number of halogens is 1. The zero-order valence-electron chi connectivity index (χ0n) is 12.9. The quantitative estimate of drug-likeness (QED) is 0.888. The summed E-state index contributed by atoms with van der Waals surface area (Å²) in [5, 5.41) is 0. The molecule has 0 bridgehead atoms. The Kier molecular flexibility index (Phi) is 5.65. The lowest BCUT2D eigenvalue weighted by Crippen LogP contribution is -2.41. The van der Waals surface area contributed by atoms with E-state index < -0.39 is 0 Å². The molecule has 1 aromatic carbocycles. The zero-order chi connectivity index (χ0) is 14.7. The van der Waals surface area contributed by atoms with Gasteiger partial charge in [0.05, 0.1) is 0 Å². The lowest BCUT2D eigenvalue weighted by Gasteiger charge is -2.39. The summed E-state index contributed by atoms with van der Waals surface area (Å²) < 4.78 is 1.17. The van der Waals surface area contributed by atoms with Gasteiger partial charge < -0.3 is 5.73 Å². The second-order valence-corrected chi connectivity index (χ2v) is 7.21. The molecular formula is C17H27BrN2. The predicted octanol–water partition coefficient (Wildman–Crippen LogP) is 4.27. The Labute approximate surface area is 131 Å². The maximum absolute atomic E-state index is 6.08. The van der Waals surface area contributed by atoms with Gasteiger partial charge in [0.1, 0.15) is 0 Å². The number of hydrogen-bond acceptors (Lipinski definition) is 2. The Morgan fingerprint density at radius 1 is 1.40 bits per heavy atom. The van der Waals surface area contributed by atoms with Gasteiger partial charge in [-0.2, -0.15) is 0 Å². The highest BCUT2D eigenvalue weighted by atomic mass is 79.9. The van der Waals surface area contributed by atoms with Crippen LogP contribution in [0.5, 0.6) is 0 Å². The van der Waals surface area contributed by atoms with Crippen molar-refractivity contribution in [2.45, 2.75) is 51.6 Å². The van der Waals surface area contributed by atoms with Crippen molar-refractivity contribution in [3.63, 3.8) is 0 Å². The molecule has 0 aliphatic heterocycles. The SMILES string of the molecule is Cc1cc(C(CN)N(C)C2CCCC(C)C2)ccc1Br. The first-order valence-electron chi connectivity index (χ1n) is 7.71. The minimum absolute atomic E-state index is 0.331. The van der Waals surface area contributed by atoms with Crippen molar-refractivity contribution >= 4 is 15.9 Å². The molecule has 0 radical (unpaired) electrons. The molecule has 3 unspecified atom stereocenters. The highest BCUT2D eigenvalue weighted by molar-refractivity contribution is 9.10. The zero-order valence-corrected chi connectivity index (χ0v) is 14.5. The fourth-order valence-corrected chi connectivity index (χ4v) is 3.69. The molecule has 1 aliphatic rings. The van der Waals surface area contributed by atoms with Gasteiger partial charge in [-0.1, -0.05) is 47.8 Å². The van der Waals surface area contributed by atoms with Gasteiger partial charge in [0.15, 0.2) is 0 Å². The Morgan fingerprint density at radius 2 is 2.15 bits per heavy atom. The number of likely N-dealkylation sites (N-methyl/N-ethyl adjacent to an activating group) is 1. The average Bonchev–Trinajstić information content (AvgIpc) is 2.43. The summed E-state index contributed by atoms with van der Waals surface area (Å²) in [7, 11) is 2.25. The number of aryl methyl sites for hydroxylation is 1. The second-order valence-electron chi connectivity index (χ2n) is 6.35. The largest absolute Gasteiger partial charge is 0.329 e.